The van der Waals surface area contributed by atoms with E-state index in [1.807, 2.05) is 12.1 Å². The third-order valence-electron chi connectivity index (χ3n) is 5.82. The van der Waals surface area contributed by atoms with E-state index in [1.165, 1.54) is 0 Å². The van der Waals surface area contributed by atoms with E-state index >= 15 is 0 Å². The Balaban J connectivity index is 1.67. The Labute approximate surface area is 214 Å². The van der Waals surface area contributed by atoms with Gasteiger partial charge in [-0.15, -0.1) is 0 Å². The van der Waals surface area contributed by atoms with Crippen molar-refractivity contribution < 1.29 is 37.3 Å². The molecule has 1 unspecified atom stereocenters. The van der Waals surface area contributed by atoms with E-state index in [-0.39, 0.29) is 23.6 Å². The number of amides is 3. The lowest BCUT2D eigenvalue weighted by Gasteiger charge is -2.48. The van der Waals surface area contributed by atoms with E-state index < -0.39 is 59.6 Å². The standard InChI is InChI=1S/C25H24FN3O7S/c26-11-12-27-25(33)35-13-18-14-37(34)23-19(28-15-30)22(31)29(23)20(18)24(32)36-21(16-7-3-1-4-8-16)17-9-5-2-6-10-17/h1-10,15,19,21,23H,11-14H2,(H,27,33)(H,28,30)/t19-,23-,37?/m1/s1. The molecule has 3 amide bonds. The van der Waals surface area contributed by atoms with Crippen molar-refractivity contribution in [1.29, 1.82) is 0 Å². The molecule has 2 heterocycles. The number of β-lactam (4-membered cyclic amide) rings is 1. The lowest BCUT2D eigenvalue weighted by Crippen LogP contribution is -2.73. The summed E-state index contributed by atoms with van der Waals surface area (Å²) in [4.78, 5) is 50.3. The summed E-state index contributed by atoms with van der Waals surface area (Å²) in [5.74, 6) is -1.74. The average Bonchev–Trinajstić information content (AvgIpc) is 2.92. The number of benzene rings is 2. The predicted octanol–water partition coefficient (Wildman–Crippen LogP) is 1.31. The molecule has 37 heavy (non-hydrogen) atoms. The van der Waals surface area contributed by atoms with E-state index in [2.05, 4.69) is 10.6 Å². The fourth-order valence-corrected chi connectivity index (χ4v) is 5.82. The SMILES string of the molecule is O=CN[C@@H]1C(=O)N2C(C(=O)OC(c3ccccc3)c3ccccc3)=C(COC(=O)NCCF)CS(=O)[C@H]12. The molecule has 0 bridgehead atoms. The zero-order valence-corrected chi connectivity index (χ0v) is 20.3. The van der Waals surface area contributed by atoms with Crippen LogP contribution in [0.5, 0.6) is 0 Å². The largest absolute Gasteiger partial charge is 0.448 e. The maximum Gasteiger partial charge on any atom is 0.407 e. The van der Waals surface area contributed by atoms with Crippen molar-refractivity contribution >= 4 is 35.2 Å². The van der Waals surface area contributed by atoms with Gasteiger partial charge >= 0.3 is 12.1 Å². The normalized spacial score (nSPS) is 20.5. The number of rotatable bonds is 10. The van der Waals surface area contributed by atoms with Gasteiger partial charge in [0.1, 0.15) is 30.4 Å². The van der Waals surface area contributed by atoms with Crippen LogP contribution in [0.2, 0.25) is 0 Å². The molecule has 1 saturated heterocycles. The first-order valence-electron chi connectivity index (χ1n) is 11.4. The van der Waals surface area contributed by atoms with E-state index in [4.69, 9.17) is 9.47 Å². The highest BCUT2D eigenvalue weighted by molar-refractivity contribution is 7.86. The third kappa shape index (κ3) is 5.53. The number of nitrogens with one attached hydrogen (secondary N) is 2. The van der Waals surface area contributed by atoms with Gasteiger partial charge in [-0.3, -0.25) is 18.7 Å². The number of hydrogen-bond acceptors (Lipinski definition) is 7. The number of hydrogen-bond donors (Lipinski definition) is 2. The van der Waals surface area contributed by atoms with Crippen LogP contribution in [0.4, 0.5) is 9.18 Å². The van der Waals surface area contributed by atoms with E-state index in [1.54, 1.807) is 48.5 Å². The minimum atomic E-state index is -1.71. The van der Waals surface area contributed by atoms with Crippen molar-refractivity contribution in [3.63, 3.8) is 0 Å². The predicted molar refractivity (Wildman–Crippen MR) is 130 cm³/mol. The lowest BCUT2D eigenvalue weighted by atomic mass is 10.0. The summed E-state index contributed by atoms with van der Waals surface area (Å²) in [5.41, 5.74) is 1.26. The first-order chi connectivity index (χ1) is 18.0. The lowest BCUT2D eigenvalue weighted by molar-refractivity contribution is -0.154. The fourth-order valence-electron chi connectivity index (χ4n) is 4.15. The summed E-state index contributed by atoms with van der Waals surface area (Å²) < 4.78 is 36.3. The maximum atomic E-state index is 13.6. The molecule has 2 aliphatic heterocycles. The Morgan fingerprint density at radius 2 is 1.73 bits per heavy atom. The molecule has 0 radical (unpaired) electrons. The molecule has 4 rings (SSSR count). The molecule has 12 heteroatoms. The summed E-state index contributed by atoms with van der Waals surface area (Å²) in [6.07, 6.45) is -1.44. The second-order valence-electron chi connectivity index (χ2n) is 8.14. The number of ether oxygens (including phenoxy) is 2. The highest BCUT2D eigenvalue weighted by Crippen LogP contribution is 2.37. The van der Waals surface area contributed by atoms with Gasteiger partial charge in [0.25, 0.3) is 5.91 Å². The molecule has 10 nitrogen and oxygen atoms in total. The zero-order chi connectivity index (χ0) is 26.4. The summed E-state index contributed by atoms with van der Waals surface area (Å²) >= 11 is 0. The van der Waals surface area contributed by atoms with Crippen LogP contribution < -0.4 is 10.6 Å². The highest BCUT2D eigenvalue weighted by Gasteiger charge is 2.57. The van der Waals surface area contributed by atoms with E-state index in [0.29, 0.717) is 17.5 Å². The van der Waals surface area contributed by atoms with E-state index in [0.717, 1.165) is 4.90 Å². The van der Waals surface area contributed by atoms with Crippen molar-refractivity contribution in [3.05, 3.63) is 83.1 Å². The average molecular weight is 530 g/mol. The second-order valence-corrected chi connectivity index (χ2v) is 9.67. The smallest absolute Gasteiger partial charge is 0.407 e. The molecular formula is C25H24FN3O7S. The molecule has 2 aromatic carbocycles. The number of carbonyl (C=O) groups excluding carboxylic acids is 4. The van der Waals surface area contributed by atoms with E-state index in [9.17, 15) is 27.8 Å². The number of alkyl carbamates (subject to hydrolysis) is 1. The summed E-state index contributed by atoms with van der Waals surface area (Å²) in [6, 6.07) is 16.9. The van der Waals surface area contributed by atoms with Crippen molar-refractivity contribution in [1.82, 2.24) is 15.5 Å². The van der Waals surface area contributed by atoms with Gasteiger partial charge in [-0.2, -0.15) is 0 Å². The zero-order valence-electron chi connectivity index (χ0n) is 19.5. The number of carbonyl (C=O) groups is 4. The number of halogens is 1. The molecule has 1 fully saturated rings. The van der Waals surface area contributed by atoms with Crippen molar-refractivity contribution in [2.45, 2.75) is 17.5 Å². The molecule has 0 aliphatic carbocycles. The van der Waals surface area contributed by atoms with Crippen molar-refractivity contribution in [3.8, 4) is 0 Å². The van der Waals surface area contributed by atoms with Crippen LogP contribution >= 0.6 is 0 Å². The first kappa shape index (κ1) is 26.0. The Hall–Kier alpha value is -4.06. The maximum absolute atomic E-state index is 13.6. The van der Waals surface area contributed by atoms with Gasteiger partial charge in [0.15, 0.2) is 6.10 Å². The molecule has 2 aliphatic rings. The van der Waals surface area contributed by atoms with Crippen LogP contribution in [0, 0.1) is 0 Å². The number of esters is 1. The molecule has 2 aromatic rings. The van der Waals surface area contributed by atoms with Crippen molar-refractivity contribution in [2.24, 2.45) is 0 Å². The third-order valence-corrected chi connectivity index (χ3v) is 7.47. The number of nitrogens with zero attached hydrogens (tertiary/aromatic N) is 1. The van der Waals surface area contributed by atoms with Gasteiger partial charge in [-0.1, -0.05) is 60.7 Å². The molecule has 0 aromatic heterocycles. The van der Waals surface area contributed by atoms with Gasteiger partial charge in [-0.25, -0.2) is 14.0 Å². The molecule has 3 atom stereocenters. The molecular weight excluding hydrogens is 505 g/mol. The minimum absolute atomic E-state index is 0.104. The van der Waals surface area contributed by atoms with Crippen LogP contribution in [0.25, 0.3) is 0 Å². The first-order valence-corrected chi connectivity index (χ1v) is 12.7. The number of alkyl halides is 1. The van der Waals surface area contributed by atoms with Crippen LogP contribution in [0.1, 0.15) is 17.2 Å². The van der Waals surface area contributed by atoms with Crippen LogP contribution in [0.3, 0.4) is 0 Å². The molecule has 0 saturated carbocycles. The van der Waals surface area contributed by atoms with Crippen LogP contribution in [-0.4, -0.2) is 70.5 Å². The monoisotopic (exact) mass is 529 g/mol. The van der Waals surface area contributed by atoms with Crippen molar-refractivity contribution in [2.75, 3.05) is 25.6 Å². The van der Waals surface area contributed by atoms with Crippen LogP contribution in [-0.2, 0) is 34.7 Å². The van der Waals surface area contributed by atoms with Gasteiger partial charge in [0.2, 0.25) is 6.41 Å². The minimum Gasteiger partial charge on any atom is -0.448 e. The van der Waals surface area contributed by atoms with Crippen LogP contribution in [0.15, 0.2) is 71.9 Å². The summed E-state index contributed by atoms with van der Waals surface area (Å²) in [5, 5.41) is 3.54. The Bertz CT molecular complexity index is 1190. The molecule has 2 N–H and O–H groups in total. The topological polar surface area (TPSA) is 131 Å². The Kier molecular flexibility index (Phi) is 8.29. The molecule has 0 spiro atoms. The number of fused-ring (bicyclic) bond motifs is 1. The van der Waals surface area contributed by atoms with Gasteiger partial charge in [-0.05, 0) is 11.1 Å². The molecule has 194 valence electrons. The highest BCUT2D eigenvalue weighted by atomic mass is 32.2. The van der Waals surface area contributed by atoms with Gasteiger partial charge in [0.05, 0.1) is 16.6 Å². The van der Waals surface area contributed by atoms with Gasteiger partial charge < -0.3 is 20.1 Å². The summed E-state index contributed by atoms with van der Waals surface area (Å²) in [7, 11) is -1.71. The summed E-state index contributed by atoms with van der Waals surface area (Å²) in [6.45, 7) is -1.53. The fraction of sp³-hybridized carbons (Fsp3) is 0.280. The Morgan fingerprint density at radius 1 is 1.11 bits per heavy atom. The van der Waals surface area contributed by atoms with Gasteiger partial charge in [0, 0.05) is 12.1 Å². The quantitative estimate of drug-likeness (QED) is 0.270. The Morgan fingerprint density at radius 3 is 2.30 bits per heavy atom. The second kappa shape index (κ2) is 11.8.